The Labute approximate surface area is 191 Å². The summed E-state index contributed by atoms with van der Waals surface area (Å²) in [6.07, 6.45) is 3.61. The minimum absolute atomic E-state index is 0.177. The van der Waals surface area contributed by atoms with Crippen molar-refractivity contribution in [2.45, 2.75) is 39.0 Å². The number of ether oxygens (including phenoxy) is 1. The van der Waals surface area contributed by atoms with Gasteiger partial charge in [-0.2, -0.15) is 0 Å². The lowest BCUT2D eigenvalue weighted by molar-refractivity contribution is -0.147. The number of rotatable bonds is 6. The van der Waals surface area contributed by atoms with Gasteiger partial charge in [0, 0.05) is 11.3 Å². The van der Waals surface area contributed by atoms with Crippen LogP contribution in [0, 0.1) is 6.92 Å². The fraction of sp³-hybridized carbons (Fsp3) is 0.231. The molecular formula is C26H25NO6. The van der Waals surface area contributed by atoms with Crippen LogP contribution in [0.5, 0.6) is 23.0 Å². The van der Waals surface area contributed by atoms with Crippen LogP contribution in [-0.4, -0.2) is 27.2 Å². The Balaban J connectivity index is 1.58. The fourth-order valence-electron chi connectivity index (χ4n) is 4.26. The summed E-state index contributed by atoms with van der Waals surface area (Å²) >= 11 is 0. The molecular weight excluding hydrogens is 422 g/mol. The second-order valence-corrected chi connectivity index (χ2v) is 8.20. The molecule has 0 heterocycles. The van der Waals surface area contributed by atoms with E-state index >= 15 is 0 Å². The van der Waals surface area contributed by atoms with Gasteiger partial charge in [0.1, 0.15) is 23.0 Å². The number of aliphatic carboxylic acids is 1. The maximum Gasteiger partial charge on any atom is 0.394 e. The third-order valence-electron chi connectivity index (χ3n) is 5.84. The number of phenols is 2. The standard InChI is InChI=1S/C26H25NO6/c1-15-12-22(27-25(30)26(31)32)20-6-3-7-21(20)24(15)33-19-10-11-23(29)17(14-19)9-8-16-4-2-5-18(28)13-16/h2,4-5,10-14,28-29H,3,6-9H2,1H3,(H,27,30)(H,31,32). The third kappa shape index (κ3) is 4.92. The Morgan fingerprint density at radius 3 is 2.55 bits per heavy atom. The highest BCUT2D eigenvalue weighted by Crippen LogP contribution is 2.41. The van der Waals surface area contributed by atoms with Gasteiger partial charge in [-0.05, 0) is 97.7 Å². The molecule has 33 heavy (non-hydrogen) atoms. The molecule has 3 aromatic rings. The molecule has 0 aromatic heterocycles. The van der Waals surface area contributed by atoms with E-state index in [2.05, 4.69) is 5.32 Å². The molecule has 3 aromatic carbocycles. The zero-order valence-electron chi connectivity index (χ0n) is 18.2. The van der Waals surface area contributed by atoms with Crippen molar-refractivity contribution in [2.75, 3.05) is 5.32 Å². The summed E-state index contributed by atoms with van der Waals surface area (Å²) in [7, 11) is 0. The molecule has 0 spiro atoms. The number of fused-ring (bicyclic) bond motifs is 1. The number of hydrogen-bond donors (Lipinski definition) is 4. The van der Waals surface area contributed by atoms with E-state index in [4.69, 9.17) is 9.84 Å². The largest absolute Gasteiger partial charge is 0.508 e. The van der Waals surface area contributed by atoms with E-state index in [-0.39, 0.29) is 11.5 Å². The van der Waals surface area contributed by atoms with Crippen LogP contribution >= 0.6 is 0 Å². The number of aromatic hydroxyl groups is 2. The highest BCUT2D eigenvalue weighted by atomic mass is 16.5. The zero-order chi connectivity index (χ0) is 23.5. The first-order valence-electron chi connectivity index (χ1n) is 10.8. The molecule has 1 aliphatic rings. The van der Waals surface area contributed by atoms with Gasteiger partial charge in [0.25, 0.3) is 0 Å². The fourth-order valence-corrected chi connectivity index (χ4v) is 4.26. The van der Waals surface area contributed by atoms with Crippen molar-refractivity contribution in [3.63, 3.8) is 0 Å². The normalized spacial score (nSPS) is 12.3. The molecule has 0 saturated carbocycles. The Bertz CT molecular complexity index is 1230. The molecule has 0 bridgehead atoms. The van der Waals surface area contributed by atoms with Gasteiger partial charge in [0.2, 0.25) is 0 Å². The van der Waals surface area contributed by atoms with Crippen molar-refractivity contribution in [1.29, 1.82) is 0 Å². The molecule has 1 amide bonds. The molecule has 170 valence electrons. The molecule has 4 N–H and O–H groups in total. The van der Waals surface area contributed by atoms with Crippen molar-refractivity contribution in [1.82, 2.24) is 0 Å². The summed E-state index contributed by atoms with van der Waals surface area (Å²) in [6.45, 7) is 1.85. The number of benzene rings is 3. The number of nitrogens with one attached hydrogen (secondary N) is 1. The van der Waals surface area contributed by atoms with E-state index in [0.717, 1.165) is 47.1 Å². The van der Waals surface area contributed by atoms with Crippen LogP contribution in [0.15, 0.2) is 48.5 Å². The first-order chi connectivity index (χ1) is 15.8. The molecule has 7 heteroatoms. The summed E-state index contributed by atoms with van der Waals surface area (Å²) in [6, 6.07) is 13.9. The molecule has 0 radical (unpaired) electrons. The summed E-state index contributed by atoms with van der Waals surface area (Å²) in [5.41, 5.74) is 4.85. The third-order valence-corrected chi connectivity index (χ3v) is 5.84. The summed E-state index contributed by atoms with van der Waals surface area (Å²) in [5.74, 6) is -0.926. The number of aryl methyl sites for hydroxylation is 3. The Morgan fingerprint density at radius 1 is 1.00 bits per heavy atom. The van der Waals surface area contributed by atoms with Crippen LogP contribution in [0.2, 0.25) is 0 Å². The molecule has 0 saturated heterocycles. The number of amides is 1. The van der Waals surface area contributed by atoms with Crippen molar-refractivity contribution in [2.24, 2.45) is 0 Å². The smallest absolute Gasteiger partial charge is 0.394 e. The zero-order valence-corrected chi connectivity index (χ0v) is 18.2. The molecule has 7 nitrogen and oxygen atoms in total. The van der Waals surface area contributed by atoms with E-state index < -0.39 is 11.9 Å². The lowest BCUT2D eigenvalue weighted by Crippen LogP contribution is -2.22. The van der Waals surface area contributed by atoms with Crippen LogP contribution in [0.4, 0.5) is 5.69 Å². The Hall–Kier alpha value is -4.00. The molecule has 1 aliphatic carbocycles. The first-order valence-corrected chi connectivity index (χ1v) is 10.8. The van der Waals surface area contributed by atoms with Gasteiger partial charge in [0.15, 0.2) is 0 Å². The molecule has 0 aliphatic heterocycles. The van der Waals surface area contributed by atoms with Crippen LogP contribution in [0.3, 0.4) is 0 Å². The van der Waals surface area contributed by atoms with E-state index in [9.17, 15) is 19.8 Å². The number of carboxylic acid groups (broad SMARTS) is 1. The molecule has 0 unspecified atom stereocenters. The number of hydrogen-bond acceptors (Lipinski definition) is 5. The van der Waals surface area contributed by atoms with E-state index in [1.165, 1.54) is 0 Å². The maximum atomic E-state index is 11.7. The number of phenolic OH excluding ortho intramolecular Hbond substituents is 2. The minimum Gasteiger partial charge on any atom is -0.508 e. The average molecular weight is 447 g/mol. The predicted octanol–water partition coefficient (Wildman–Crippen LogP) is 4.50. The van der Waals surface area contributed by atoms with Gasteiger partial charge in [-0.3, -0.25) is 4.79 Å². The van der Waals surface area contributed by atoms with Crippen molar-refractivity contribution < 1.29 is 29.6 Å². The number of carboxylic acids is 1. The quantitative estimate of drug-likeness (QED) is 0.414. The van der Waals surface area contributed by atoms with Gasteiger partial charge >= 0.3 is 11.9 Å². The lowest BCUT2D eigenvalue weighted by atomic mass is 10.0. The number of carbonyl (C=O) groups excluding carboxylic acids is 1. The van der Waals surface area contributed by atoms with E-state index in [1.54, 1.807) is 42.5 Å². The summed E-state index contributed by atoms with van der Waals surface area (Å²) in [4.78, 5) is 22.6. The maximum absolute atomic E-state index is 11.7. The van der Waals surface area contributed by atoms with Crippen LogP contribution < -0.4 is 10.1 Å². The minimum atomic E-state index is -1.53. The van der Waals surface area contributed by atoms with Gasteiger partial charge < -0.3 is 25.4 Å². The van der Waals surface area contributed by atoms with Crippen molar-refractivity contribution in [3.8, 4) is 23.0 Å². The second-order valence-electron chi connectivity index (χ2n) is 8.20. The summed E-state index contributed by atoms with van der Waals surface area (Å²) < 4.78 is 6.25. The van der Waals surface area contributed by atoms with Crippen molar-refractivity contribution in [3.05, 3.63) is 76.3 Å². The monoisotopic (exact) mass is 447 g/mol. The molecule has 0 fully saturated rings. The number of anilines is 1. The number of carbonyl (C=O) groups is 2. The SMILES string of the molecule is Cc1cc(NC(=O)C(=O)O)c2c(c1Oc1ccc(O)c(CCc3cccc(O)c3)c1)CCC2. The van der Waals surface area contributed by atoms with Crippen LogP contribution in [-0.2, 0) is 35.3 Å². The highest BCUT2D eigenvalue weighted by molar-refractivity contribution is 6.36. The highest BCUT2D eigenvalue weighted by Gasteiger charge is 2.24. The summed E-state index contributed by atoms with van der Waals surface area (Å²) in [5, 5.41) is 31.4. The molecule has 4 rings (SSSR count). The molecule has 0 atom stereocenters. The van der Waals surface area contributed by atoms with E-state index in [1.807, 2.05) is 13.0 Å². The van der Waals surface area contributed by atoms with Crippen LogP contribution in [0.25, 0.3) is 0 Å². The van der Waals surface area contributed by atoms with Gasteiger partial charge in [-0.15, -0.1) is 0 Å². The lowest BCUT2D eigenvalue weighted by Gasteiger charge is -2.18. The van der Waals surface area contributed by atoms with Gasteiger partial charge in [-0.1, -0.05) is 12.1 Å². The van der Waals surface area contributed by atoms with Crippen molar-refractivity contribution >= 4 is 17.6 Å². The van der Waals surface area contributed by atoms with E-state index in [0.29, 0.717) is 30.0 Å². The van der Waals surface area contributed by atoms with Gasteiger partial charge in [0.05, 0.1) is 0 Å². The van der Waals surface area contributed by atoms with Crippen LogP contribution in [0.1, 0.15) is 34.2 Å². The topological polar surface area (TPSA) is 116 Å². The predicted molar refractivity (Wildman–Crippen MR) is 123 cm³/mol. The first kappa shape index (κ1) is 22.2. The Kier molecular flexibility index (Phi) is 6.22. The van der Waals surface area contributed by atoms with Gasteiger partial charge in [-0.25, -0.2) is 4.79 Å². The average Bonchev–Trinajstić information content (AvgIpc) is 3.26. The second kappa shape index (κ2) is 9.24. The Morgan fingerprint density at radius 2 is 1.79 bits per heavy atom.